The van der Waals surface area contributed by atoms with Gasteiger partial charge in [-0.2, -0.15) is 5.10 Å². The summed E-state index contributed by atoms with van der Waals surface area (Å²) in [4.78, 5) is 0. The molecule has 3 N–H and O–H groups in total. The normalized spacial score (nSPS) is 11.6. The first-order valence-corrected chi connectivity index (χ1v) is 5.62. The second-order valence-electron chi connectivity index (χ2n) is 2.89. The zero-order chi connectivity index (χ0) is 10.7. The van der Waals surface area contributed by atoms with E-state index in [0.29, 0.717) is 0 Å². The van der Waals surface area contributed by atoms with Crippen molar-refractivity contribution >= 4 is 38.8 Å². The Labute approximate surface area is 96.2 Å². The molecule has 2 aromatic rings. The predicted molar refractivity (Wildman–Crippen MR) is 67.3 cm³/mol. The number of nitrogens with one attached hydrogen (secondary N) is 1. The first kappa shape index (κ1) is 10.1. The molecule has 0 aliphatic carbocycles. The Kier molecular flexibility index (Phi) is 2.94. The third kappa shape index (κ3) is 2.31. The largest absolute Gasteiger partial charge is 0.375 e. The summed E-state index contributed by atoms with van der Waals surface area (Å²) in [5.74, 6) is 0. The average molecular weight is 235 g/mol. The van der Waals surface area contributed by atoms with Crippen molar-refractivity contribution in [2.75, 3.05) is 0 Å². The number of hydrogen-bond acceptors (Lipinski definition) is 3. The summed E-state index contributed by atoms with van der Waals surface area (Å²) < 4.78 is 1.18. The van der Waals surface area contributed by atoms with Crippen LogP contribution in [0.5, 0.6) is 0 Å². The summed E-state index contributed by atoms with van der Waals surface area (Å²) in [6.07, 6.45) is 0. The highest BCUT2D eigenvalue weighted by molar-refractivity contribution is 7.80. The van der Waals surface area contributed by atoms with Crippen LogP contribution in [0, 0.1) is 0 Å². The van der Waals surface area contributed by atoms with Gasteiger partial charge in [0, 0.05) is 10.1 Å². The molecule has 1 heterocycles. The van der Waals surface area contributed by atoms with Crippen LogP contribution in [0.2, 0.25) is 0 Å². The SMILES string of the molecule is NC(=S)NN=c1ccsc2ccccc12. The first-order valence-electron chi connectivity index (χ1n) is 4.33. The molecular weight excluding hydrogens is 226 g/mol. The van der Waals surface area contributed by atoms with E-state index in [2.05, 4.69) is 16.6 Å². The van der Waals surface area contributed by atoms with Gasteiger partial charge >= 0.3 is 0 Å². The second-order valence-corrected chi connectivity index (χ2v) is 4.28. The third-order valence-corrected chi connectivity index (χ3v) is 2.84. The van der Waals surface area contributed by atoms with E-state index in [4.69, 9.17) is 18.0 Å². The topological polar surface area (TPSA) is 50.4 Å². The third-order valence-electron chi connectivity index (χ3n) is 1.87. The van der Waals surface area contributed by atoms with E-state index in [9.17, 15) is 0 Å². The van der Waals surface area contributed by atoms with E-state index >= 15 is 0 Å². The zero-order valence-corrected chi connectivity index (χ0v) is 9.44. The number of thiocarbonyl (C=S) groups is 1. The molecule has 0 aliphatic rings. The number of hydrogen-bond donors (Lipinski definition) is 2. The van der Waals surface area contributed by atoms with Crippen molar-refractivity contribution in [3.8, 4) is 0 Å². The van der Waals surface area contributed by atoms with Crippen molar-refractivity contribution in [3.63, 3.8) is 0 Å². The van der Waals surface area contributed by atoms with Gasteiger partial charge in [0.2, 0.25) is 0 Å². The Hall–Kier alpha value is -1.46. The maximum absolute atomic E-state index is 5.31. The summed E-state index contributed by atoms with van der Waals surface area (Å²) in [7, 11) is 0. The molecule has 0 spiro atoms. The number of rotatable bonds is 1. The second kappa shape index (κ2) is 4.37. The summed E-state index contributed by atoms with van der Waals surface area (Å²) in [5, 5.41) is 8.22. The highest BCUT2D eigenvalue weighted by Gasteiger charge is 1.94. The van der Waals surface area contributed by atoms with Crippen LogP contribution < -0.4 is 16.5 Å². The van der Waals surface area contributed by atoms with E-state index in [1.54, 1.807) is 11.3 Å². The van der Waals surface area contributed by atoms with Gasteiger partial charge in [-0.3, -0.25) is 5.43 Å². The fraction of sp³-hybridized carbons (Fsp3) is 0. The number of benzene rings is 1. The Balaban J connectivity index is 2.60. The zero-order valence-electron chi connectivity index (χ0n) is 7.81. The van der Waals surface area contributed by atoms with Gasteiger partial charge in [0.15, 0.2) is 5.11 Å². The molecule has 15 heavy (non-hydrogen) atoms. The molecule has 0 amide bonds. The monoisotopic (exact) mass is 235 g/mol. The van der Waals surface area contributed by atoms with Gasteiger partial charge in [-0.05, 0) is 29.7 Å². The lowest BCUT2D eigenvalue weighted by Gasteiger charge is -1.97. The fourth-order valence-corrected chi connectivity index (χ4v) is 2.10. The maximum Gasteiger partial charge on any atom is 0.184 e. The molecule has 5 heteroatoms. The van der Waals surface area contributed by atoms with Gasteiger partial charge < -0.3 is 5.73 Å². The van der Waals surface area contributed by atoms with E-state index in [-0.39, 0.29) is 5.11 Å². The van der Waals surface area contributed by atoms with Gasteiger partial charge in [0.1, 0.15) is 0 Å². The van der Waals surface area contributed by atoms with Gasteiger partial charge in [-0.25, -0.2) is 0 Å². The average Bonchev–Trinajstić information content (AvgIpc) is 2.26. The molecule has 0 atom stereocenters. The van der Waals surface area contributed by atoms with Gasteiger partial charge in [-0.15, -0.1) is 11.3 Å². The lowest BCUT2D eigenvalue weighted by molar-refractivity contribution is 0.979. The van der Waals surface area contributed by atoms with E-state index < -0.39 is 0 Å². The van der Waals surface area contributed by atoms with Gasteiger partial charge in [-0.1, -0.05) is 18.2 Å². The van der Waals surface area contributed by atoms with Crippen LogP contribution in [0.25, 0.3) is 10.1 Å². The molecule has 0 radical (unpaired) electrons. The summed E-state index contributed by atoms with van der Waals surface area (Å²) in [5.41, 5.74) is 7.91. The molecule has 0 unspecified atom stereocenters. The number of nitrogens with two attached hydrogens (primary N) is 1. The molecule has 0 fully saturated rings. The Morgan fingerprint density at radius 2 is 2.13 bits per heavy atom. The quantitative estimate of drug-likeness (QED) is 0.582. The van der Waals surface area contributed by atoms with Crippen molar-refractivity contribution in [2.45, 2.75) is 0 Å². The molecule has 0 aliphatic heterocycles. The van der Waals surface area contributed by atoms with E-state index in [1.165, 1.54) is 4.70 Å². The highest BCUT2D eigenvalue weighted by atomic mass is 32.1. The lowest BCUT2D eigenvalue weighted by Crippen LogP contribution is -2.26. The molecule has 1 aromatic heterocycles. The van der Waals surface area contributed by atoms with Crippen LogP contribution in [0.4, 0.5) is 0 Å². The van der Waals surface area contributed by atoms with Crippen molar-refractivity contribution < 1.29 is 0 Å². The molecule has 1 aromatic carbocycles. The van der Waals surface area contributed by atoms with Gasteiger partial charge in [0.05, 0.1) is 5.36 Å². The minimum absolute atomic E-state index is 0.173. The number of nitrogens with zero attached hydrogens (tertiary/aromatic N) is 1. The Morgan fingerprint density at radius 3 is 2.93 bits per heavy atom. The summed E-state index contributed by atoms with van der Waals surface area (Å²) in [6.45, 7) is 0. The van der Waals surface area contributed by atoms with Crippen LogP contribution >= 0.6 is 23.6 Å². The maximum atomic E-state index is 5.31. The van der Waals surface area contributed by atoms with Crippen molar-refractivity contribution in [1.82, 2.24) is 5.43 Å². The standard InChI is InChI=1S/C10H9N3S2/c11-10(14)13-12-8-5-6-15-9-4-2-1-3-7(8)9/h1-6H,(H3,11,13,14). The molecule has 2 rings (SSSR count). The molecule has 3 nitrogen and oxygen atoms in total. The lowest BCUT2D eigenvalue weighted by atomic mass is 10.2. The molecule has 0 saturated heterocycles. The predicted octanol–water partition coefficient (Wildman–Crippen LogP) is 1.55. The van der Waals surface area contributed by atoms with Crippen LogP contribution in [0.15, 0.2) is 40.8 Å². The minimum atomic E-state index is 0.173. The van der Waals surface area contributed by atoms with E-state index in [1.807, 2.05) is 29.6 Å². The van der Waals surface area contributed by atoms with Crippen LogP contribution in [-0.2, 0) is 0 Å². The minimum Gasteiger partial charge on any atom is -0.375 e. The van der Waals surface area contributed by atoms with Crippen molar-refractivity contribution in [2.24, 2.45) is 10.8 Å². The molecule has 0 bridgehead atoms. The van der Waals surface area contributed by atoms with Crippen LogP contribution in [0.3, 0.4) is 0 Å². The van der Waals surface area contributed by atoms with Crippen LogP contribution in [-0.4, -0.2) is 5.11 Å². The Bertz CT molecular complexity index is 554. The van der Waals surface area contributed by atoms with E-state index in [0.717, 1.165) is 10.7 Å². The number of fused-ring (bicyclic) bond motifs is 1. The van der Waals surface area contributed by atoms with Gasteiger partial charge in [0.25, 0.3) is 0 Å². The molecule has 76 valence electrons. The summed E-state index contributed by atoms with van der Waals surface area (Å²) in [6, 6.07) is 9.99. The summed E-state index contributed by atoms with van der Waals surface area (Å²) >= 11 is 6.37. The fourth-order valence-electron chi connectivity index (χ4n) is 1.26. The van der Waals surface area contributed by atoms with Crippen molar-refractivity contribution in [1.29, 1.82) is 0 Å². The Morgan fingerprint density at radius 1 is 1.33 bits per heavy atom. The first-order chi connectivity index (χ1) is 7.27. The molecule has 0 saturated carbocycles. The van der Waals surface area contributed by atoms with Crippen molar-refractivity contribution in [3.05, 3.63) is 41.1 Å². The highest BCUT2D eigenvalue weighted by Crippen LogP contribution is 2.13. The smallest absolute Gasteiger partial charge is 0.184 e. The van der Waals surface area contributed by atoms with Crippen LogP contribution in [0.1, 0.15) is 0 Å². The molecular formula is C10H9N3S2.